The van der Waals surface area contributed by atoms with Crippen LogP contribution in [-0.2, 0) is 4.79 Å². The average Bonchev–Trinajstić information content (AvgIpc) is 2.73. The van der Waals surface area contributed by atoms with Crippen LogP contribution in [0.5, 0.6) is 0 Å². The van der Waals surface area contributed by atoms with Gasteiger partial charge in [-0.2, -0.15) is 13.2 Å². The fraction of sp³-hybridized carbons (Fsp3) is 0.818. The van der Waals surface area contributed by atoms with E-state index in [9.17, 15) is 22.8 Å². The van der Waals surface area contributed by atoms with Crippen molar-refractivity contribution in [3.63, 3.8) is 0 Å². The van der Waals surface area contributed by atoms with Gasteiger partial charge in [0.15, 0.2) is 0 Å². The number of hydrogen-bond donors (Lipinski definition) is 1. The molecule has 1 heterocycles. The standard InChI is InChI=1S/C11H18F3N3O3/c1-15(2)8-3-4-16(5-8)10(20)17(6-9(18)19)7-11(12,13)14/h8H,3-7H2,1-2H3,(H,18,19). The first-order valence-electron chi connectivity index (χ1n) is 6.09. The maximum Gasteiger partial charge on any atom is 0.406 e. The summed E-state index contributed by atoms with van der Waals surface area (Å²) in [5.41, 5.74) is 0. The second kappa shape index (κ2) is 6.29. The molecule has 0 radical (unpaired) electrons. The molecule has 116 valence electrons. The fourth-order valence-electron chi connectivity index (χ4n) is 2.11. The lowest BCUT2D eigenvalue weighted by molar-refractivity contribution is -0.149. The largest absolute Gasteiger partial charge is 0.480 e. The maximum atomic E-state index is 12.4. The van der Waals surface area contributed by atoms with Crippen molar-refractivity contribution < 1.29 is 27.9 Å². The molecule has 0 aromatic heterocycles. The Morgan fingerprint density at radius 1 is 1.35 bits per heavy atom. The number of amides is 2. The molecule has 1 N–H and O–H groups in total. The molecular weight excluding hydrogens is 279 g/mol. The summed E-state index contributed by atoms with van der Waals surface area (Å²) in [5, 5.41) is 8.62. The Kier molecular flexibility index (Phi) is 5.21. The van der Waals surface area contributed by atoms with Crippen molar-refractivity contribution in [3.8, 4) is 0 Å². The first-order chi connectivity index (χ1) is 9.10. The van der Waals surface area contributed by atoms with Gasteiger partial charge in [0.05, 0.1) is 0 Å². The number of carbonyl (C=O) groups excluding carboxylic acids is 1. The highest BCUT2D eigenvalue weighted by molar-refractivity contribution is 5.80. The van der Waals surface area contributed by atoms with Crippen LogP contribution in [0.2, 0.25) is 0 Å². The van der Waals surface area contributed by atoms with Crippen LogP contribution in [0.1, 0.15) is 6.42 Å². The van der Waals surface area contributed by atoms with E-state index in [1.54, 1.807) is 0 Å². The molecule has 20 heavy (non-hydrogen) atoms. The Balaban J connectivity index is 2.71. The Morgan fingerprint density at radius 3 is 2.35 bits per heavy atom. The second-order valence-electron chi connectivity index (χ2n) is 5.00. The fourth-order valence-corrected chi connectivity index (χ4v) is 2.11. The van der Waals surface area contributed by atoms with Gasteiger partial charge >= 0.3 is 18.2 Å². The molecule has 2 amide bonds. The maximum absolute atomic E-state index is 12.4. The molecular formula is C11H18F3N3O3. The summed E-state index contributed by atoms with van der Waals surface area (Å²) in [7, 11) is 3.65. The number of rotatable bonds is 4. The van der Waals surface area contributed by atoms with E-state index in [2.05, 4.69) is 0 Å². The number of carboxylic acids is 1. The lowest BCUT2D eigenvalue weighted by atomic mass is 10.2. The van der Waals surface area contributed by atoms with Crippen molar-refractivity contribution in [2.24, 2.45) is 0 Å². The van der Waals surface area contributed by atoms with Gasteiger partial charge in [-0.05, 0) is 20.5 Å². The van der Waals surface area contributed by atoms with Crippen molar-refractivity contribution in [2.45, 2.75) is 18.6 Å². The van der Waals surface area contributed by atoms with E-state index in [4.69, 9.17) is 5.11 Å². The van der Waals surface area contributed by atoms with Crippen LogP contribution in [0.15, 0.2) is 0 Å². The molecule has 1 saturated heterocycles. The molecule has 1 aliphatic heterocycles. The third-order valence-electron chi connectivity index (χ3n) is 3.13. The van der Waals surface area contributed by atoms with E-state index in [1.165, 1.54) is 4.90 Å². The van der Waals surface area contributed by atoms with Gasteiger partial charge in [0, 0.05) is 19.1 Å². The molecule has 0 aromatic rings. The third kappa shape index (κ3) is 4.87. The van der Waals surface area contributed by atoms with Crippen LogP contribution in [0, 0.1) is 0 Å². The van der Waals surface area contributed by atoms with E-state index in [1.807, 2.05) is 19.0 Å². The zero-order valence-corrected chi connectivity index (χ0v) is 11.4. The topological polar surface area (TPSA) is 64.1 Å². The van der Waals surface area contributed by atoms with Gasteiger partial charge < -0.3 is 19.8 Å². The molecule has 0 aromatic carbocycles. The van der Waals surface area contributed by atoms with Crippen molar-refractivity contribution in [2.75, 3.05) is 40.3 Å². The Bertz CT molecular complexity index is 374. The smallest absolute Gasteiger partial charge is 0.406 e. The van der Waals surface area contributed by atoms with Crippen molar-refractivity contribution in [1.82, 2.24) is 14.7 Å². The van der Waals surface area contributed by atoms with Gasteiger partial charge in [0.1, 0.15) is 13.1 Å². The first kappa shape index (κ1) is 16.5. The lowest BCUT2D eigenvalue weighted by Crippen LogP contribution is -2.48. The van der Waals surface area contributed by atoms with Gasteiger partial charge in [-0.1, -0.05) is 0 Å². The molecule has 1 aliphatic rings. The number of alkyl halides is 3. The quantitative estimate of drug-likeness (QED) is 0.829. The lowest BCUT2D eigenvalue weighted by Gasteiger charge is -2.28. The predicted molar refractivity (Wildman–Crippen MR) is 64.3 cm³/mol. The number of aliphatic carboxylic acids is 1. The Morgan fingerprint density at radius 2 is 1.95 bits per heavy atom. The molecule has 0 spiro atoms. The van der Waals surface area contributed by atoms with E-state index in [0.29, 0.717) is 24.4 Å². The molecule has 1 rings (SSSR count). The summed E-state index contributed by atoms with van der Waals surface area (Å²) in [6, 6.07) is -0.800. The van der Waals surface area contributed by atoms with Crippen LogP contribution < -0.4 is 0 Å². The van der Waals surface area contributed by atoms with E-state index in [-0.39, 0.29) is 6.04 Å². The van der Waals surface area contributed by atoms with Crippen molar-refractivity contribution in [1.29, 1.82) is 0 Å². The predicted octanol–water partition coefficient (Wildman–Crippen LogP) is 0.691. The molecule has 0 bridgehead atoms. The highest BCUT2D eigenvalue weighted by Crippen LogP contribution is 2.20. The number of nitrogens with zero attached hydrogens (tertiary/aromatic N) is 3. The van der Waals surface area contributed by atoms with Gasteiger partial charge in [-0.3, -0.25) is 4.79 Å². The summed E-state index contributed by atoms with van der Waals surface area (Å²) in [4.78, 5) is 26.1. The van der Waals surface area contributed by atoms with Crippen LogP contribution >= 0.6 is 0 Å². The first-order valence-corrected chi connectivity index (χ1v) is 6.09. The van der Waals surface area contributed by atoms with Gasteiger partial charge in [0.25, 0.3) is 0 Å². The molecule has 1 atom stereocenters. The summed E-state index contributed by atoms with van der Waals surface area (Å²) >= 11 is 0. The summed E-state index contributed by atoms with van der Waals surface area (Å²) in [6.45, 7) is -1.88. The number of carbonyl (C=O) groups is 2. The number of urea groups is 1. The highest BCUT2D eigenvalue weighted by Gasteiger charge is 2.37. The number of hydrogen-bond acceptors (Lipinski definition) is 3. The van der Waals surface area contributed by atoms with E-state index in [0.717, 1.165) is 0 Å². The number of halogens is 3. The molecule has 1 unspecified atom stereocenters. The van der Waals surface area contributed by atoms with Crippen molar-refractivity contribution in [3.05, 3.63) is 0 Å². The minimum Gasteiger partial charge on any atom is -0.480 e. The summed E-state index contributed by atoms with van der Waals surface area (Å²) < 4.78 is 37.2. The van der Waals surface area contributed by atoms with Gasteiger partial charge in [-0.15, -0.1) is 0 Å². The molecule has 6 nitrogen and oxygen atoms in total. The monoisotopic (exact) mass is 297 g/mol. The van der Waals surface area contributed by atoms with Crippen LogP contribution in [0.3, 0.4) is 0 Å². The molecule has 9 heteroatoms. The number of carboxylic acid groups (broad SMARTS) is 1. The van der Waals surface area contributed by atoms with Crippen LogP contribution in [-0.4, -0.2) is 84.3 Å². The Hall–Kier alpha value is -1.51. The summed E-state index contributed by atoms with van der Waals surface area (Å²) in [5.74, 6) is -1.47. The van der Waals surface area contributed by atoms with Crippen LogP contribution in [0.25, 0.3) is 0 Å². The second-order valence-corrected chi connectivity index (χ2v) is 5.00. The number of likely N-dealkylation sites (N-methyl/N-ethyl adjacent to an activating group) is 1. The SMILES string of the molecule is CN(C)C1CCN(C(=O)N(CC(=O)O)CC(F)(F)F)C1. The zero-order valence-electron chi connectivity index (χ0n) is 11.4. The van der Waals surface area contributed by atoms with Crippen molar-refractivity contribution >= 4 is 12.0 Å². The zero-order chi connectivity index (χ0) is 15.5. The third-order valence-corrected chi connectivity index (χ3v) is 3.13. The normalized spacial score (nSPS) is 19.5. The van der Waals surface area contributed by atoms with Gasteiger partial charge in [-0.25, -0.2) is 4.79 Å². The molecule has 0 saturated carbocycles. The van der Waals surface area contributed by atoms with E-state index >= 15 is 0 Å². The van der Waals surface area contributed by atoms with Gasteiger partial charge in [0.2, 0.25) is 0 Å². The summed E-state index contributed by atoms with van der Waals surface area (Å²) in [6.07, 6.45) is -3.96. The van der Waals surface area contributed by atoms with E-state index < -0.39 is 31.3 Å². The minimum atomic E-state index is -4.62. The minimum absolute atomic E-state index is 0.0801. The Labute approximate surface area is 114 Å². The number of likely N-dealkylation sites (tertiary alicyclic amines) is 1. The molecule has 0 aliphatic carbocycles. The molecule has 1 fully saturated rings. The average molecular weight is 297 g/mol. The van der Waals surface area contributed by atoms with Crippen LogP contribution in [0.4, 0.5) is 18.0 Å². The highest BCUT2D eigenvalue weighted by atomic mass is 19.4.